The van der Waals surface area contributed by atoms with E-state index in [0.717, 1.165) is 17.9 Å². The fourth-order valence-corrected chi connectivity index (χ4v) is 3.15. The molecule has 2 aromatic carbocycles. The molecule has 0 aliphatic heterocycles. The first-order valence-electron chi connectivity index (χ1n) is 7.84. The van der Waals surface area contributed by atoms with Crippen molar-refractivity contribution in [1.82, 2.24) is 0 Å². The van der Waals surface area contributed by atoms with Gasteiger partial charge in [-0.25, -0.2) is 4.39 Å². The maximum atomic E-state index is 13.4. The highest BCUT2D eigenvalue weighted by Gasteiger charge is 2.20. The average Bonchev–Trinajstić information content (AvgIpc) is 2.90. The third kappa shape index (κ3) is 3.14. The lowest BCUT2D eigenvalue weighted by molar-refractivity contribution is 0.507. The van der Waals surface area contributed by atoms with Crippen LogP contribution in [0.15, 0.2) is 36.4 Å². The first kappa shape index (κ1) is 14.7. The van der Waals surface area contributed by atoms with Crippen molar-refractivity contribution in [2.45, 2.75) is 32.6 Å². The molecule has 0 bridgehead atoms. The van der Waals surface area contributed by atoms with Gasteiger partial charge < -0.3 is 5.73 Å². The molecule has 2 heteroatoms. The summed E-state index contributed by atoms with van der Waals surface area (Å²) in [7, 11) is 0. The van der Waals surface area contributed by atoms with Crippen LogP contribution < -0.4 is 5.73 Å². The predicted molar refractivity (Wildman–Crippen MR) is 89.0 cm³/mol. The predicted octanol–water partition coefficient (Wildman–Crippen LogP) is 4.32. The van der Waals surface area contributed by atoms with Gasteiger partial charge in [0.25, 0.3) is 0 Å². The van der Waals surface area contributed by atoms with Crippen LogP contribution in [0.4, 0.5) is 10.1 Å². The molecule has 2 N–H and O–H groups in total. The summed E-state index contributed by atoms with van der Waals surface area (Å²) in [6.45, 7) is 2.24. The lowest BCUT2D eigenvalue weighted by atomic mass is 10.0. The summed E-state index contributed by atoms with van der Waals surface area (Å²) < 4.78 is 13.4. The Balaban J connectivity index is 1.79. The molecule has 1 atom stereocenters. The molecule has 2 aromatic rings. The number of nitrogens with two attached hydrogens (primary N) is 1. The first-order chi connectivity index (χ1) is 10.7. The zero-order chi connectivity index (χ0) is 15.5. The van der Waals surface area contributed by atoms with Gasteiger partial charge in [0.15, 0.2) is 0 Å². The molecule has 1 nitrogen and oxygen atoms in total. The molecule has 1 aliphatic carbocycles. The fraction of sp³-hybridized carbons (Fsp3) is 0.300. The van der Waals surface area contributed by atoms with Gasteiger partial charge in [0.05, 0.1) is 5.69 Å². The Hall–Kier alpha value is -2.27. The summed E-state index contributed by atoms with van der Waals surface area (Å²) in [4.78, 5) is 0. The van der Waals surface area contributed by atoms with Crippen molar-refractivity contribution in [2.24, 2.45) is 5.92 Å². The SMILES string of the molecule is CCCC1Cc2ccc(C#Cc3ccc(N)c(F)c3)cc2C1. The second-order valence-corrected chi connectivity index (χ2v) is 6.03. The molecule has 112 valence electrons. The van der Waals surface area contributed by atoms with Gasteiger partial charge in [-0.05, 0) is 60.2 Å². The number of anilines is 1. The standard InChI is InChI=1S/C20H20FN/c1-2-3-16-11-17-8-6-14(10-18(17)12-16)4-5-15-7-9-20(22)19(21)13-15/h6-10,13,16H,2-3,11-12,22H2,1H3. The zero-order valence-electron chi connectivity index (χ0n) is 12.8. The maximum Gasteiger partial charge on any atom is 0.147 e. The van der Waals surface area contributed by atoms with Crippen molar-refractivity contribution >= 4 is 5.69 Å². The minimum absolute atomic E-state index is 0.157. The third-order valence-electron chi connectivity index (χ3n) is 4.27. The van der Waals surface area contributed by atoms with Crippen LogP contribution in [0, 0.1) is 23.6 Å². The summed E-state index contributed by atoms with van der Waals surface area (Å²) in [6, 6.07) is 11.1. The van der Waals surface area contributed by atoms with Gasteiger partial charge >= 0.3 is 0 Å². The van der Waals surface area contributed by atoms with Gasteiger partial charge in [-0.3, -0.25) is 0 Å². The lowest BCUT2D eigenvalue weighted by Gasteiger charge is -2.04. The van der Waals surface area contributed by atoms with Crippen LogP contribution in [-0.4, -0.2) is 0 Å². The molecule has 0 spiro atoms. The Labute approximate surface area is 131 Å². The largest absolute Gasteiger partial charge is 0.396 e. The first-order valence-corrected chi connectivity index (χ1v) is 7.84. The Bertz CT molecular complexity index is 752. The van der Waals surface area contributed by atoms with Crippen LogP contribution in [-0.2, 0) is 12.8 Å². The van der Waals surface area contributed by atoms with E-state index in [2.05, 4.69) is 37.0 Å². The van der Waals surface area contributed by atoms with Crippen LogP contribution in [0.1, 0.15) is 42.0 Å². The van der Waals surface area contributed by atoms with E-state index >= 15 is 0 Å². The van der Waals surface area contributed by atoms with E-state index in [1.165, 1.54) is 36.5 Å². The monoisotopic (exact) mass is 293 g/mol. The number of hydrogen-bond acceptors (Lipinski definition) is 1. The van der Waals surface area contributed by atoms with E-state index in [0.29, 0.717) is 5.56 Å². The third-order valence-corrected chi connectivity index (χ3v) is 4.27. The molecule has 0 fully saturated rings. The van der Waals surface area contributed by atoms with Crippen LogP contribution in [0.5, 0.6) is 0 Å². The summed E-state index contributed by atoms with van der Waals surface area (Å²) in [5, 5.41) is 0. The molecular weight excluding hydrogens is 273 g/mol. The molecule has 0 saturated carbocycles. The molecule has 0 amide bonds. The number of halogens is 1. The van der Waals surface area contributed by atoms with Gasteiger partial charge in [0.1, 0.15) is 5.82 Å². The second kappa shape index (κ2) is 6.23. The van der Waals surface area contributed by atoms with Crippen LogP contribution >= 0.6 is 0 Å². The zero-order valence-corrected chi connectivity index (χ0v) is 12.8. The van der Waals surface area contributed by atoms with E-state index in [9.17, 15) is 4.39 Å². The maximum absolute atomic E-state index is 13.4. The Kier molecular flexibility index (Phi) is 4.15. The normalized spacial score (nSPS) is 16.0. The Morgan fingerprint density at radius 1 is 1.05 bits per heavy atom. The van der Waals surface area contributed by atoms with Crippen LogP contribution in [0.25, 0.3) is 0 Å². The molecule has 0 heterocycles. The van der Waals surface area contributed by atoms with Crippen molar-refractivity contribution in [3.05, 3.63) is 64.5 Å². The van der Waals surface area contributed by atoms with E-state index in [1.54, 1.807) is 12.1 Å². The lowest BCUT2D eigenvalue weighted by Crippen LogP contribution is -1.97. The Morgan fingerprint density at radius 2 is 1.73 bits per heavy atom. The highest BCUT2D eigenvalue weighted by atomic mass is 19.1. The van der Waals surface area contributed by atoms with E-state index < -0.39 is 5.82 Å². The van der Waals surface area contributed by atoms with Gasteiger partial charge in [0.2, 0.25) is 0 Å². The number of nitrogen functional groups attached to an aromatic ring is 1. The van der Waals surface area contributed by atoms with Crippen molar-refractivity contribution in [3.63, 3.8) is 0 Å². The molecule has 1 unspecified atom stereocenters. The van der Waals surface area contributed by atoms with Gasteiger partial charge in [-0.2, -0.15) is 0 Å². The molecule has 22 heavy (non-hydrogen) atoms. The summed E-state index contributed by atoms with van der Waals surface area (Å²) in [5.41, 5.74) is 10.2. The minimum atomic E-state index is -0.414. The molecule has 0 aromatic heterocycles. The average molecular weight is 293 g/mol. The molecule has 0 radical (unpaired) electrons. The van der Waals surface area contributed by atoms with Gasteiger partial charge in [-0.1, -0.05) is 37.7 Å². The summed E-state index contributed by atoms with van der Waals surface area (Å²) >= 11 is 0. The van der Waals surface area contributed by atoms with E-state index in [-0.39, 0.29) is 5.69 Å². The fourth-order valence-electron chi connectivity index (χ4n) is 3.15. The highest BCUT2D eigenvalue weighted by Crippen LogP contribution is 2.30. The van der Waals surface area contributed by atoms with Crippen molar-refractivity contribution < 1.29 is 4.39 Å². The van der Waals surface area contributed by atoms with Gasteiger partial charge in [0, 0.05) is 11.1 Å². The second-order valence-electron chi connectivity index (χ2n) is 6.03. The van der Waals surface area contributed by atoms with Crippen molar-refractivity contribution in [3.8, 4) is 11.8 Å². The number of fused-ring (bicyclic) bond motifs is 1. The highest BCUT2D eigenvalue weighted by molar-refractivity contribution is 5.50. The van der Waals surface area contributed by atoms with E-state index in [1.807, 2.05) is 0 Å². The minimum Gasteiger partial charge on any atom is -0.396 e. The number of rotatable bonds is 2. The topological polar surface area (TPSA) is 26.0 Å². The number of hydrogen-bond donors (Lipinski definition) is 1. The van der Waals surface area contributed by atoms with Crippen LogP contribution in [0.2, 0.25) is 0 Å². The Morgan fingerprint density at radius 3 is 2.45 bits per heavy atom. The molecule has 0 saturated heterocycles. The number of benzene rings is 2. The molecular formula is C20H20FN. The van der Waals surface area contributed by atoms with Crippen molar-refractivity contribution in [1.29, 1.82) is 0 Å². The van der Waals surface area contributed by atoms with E-state index in [4.69, 9.17) is 5.73 Å². The van der Waals surface area contributed by atoms with Gasteiger partial charge in [-0.15, -0.1) is 0 Å². The van der Waals surface area contributed by atoms with Crippen molar-refractivity contribution in [2.75, 3.05) is 5.73 Å². The molecule has 3 rings (SSSR count). The summed E-state index contributed by atoms with van der Waals surface area (Å²) in [6.07, 6.45) is 4.89. The van der Waals surface area contributed by atoms with Crippen LogP contribution in [0.3, 0.4) is 0 Å². The smallest absolute Gasteiger partial charge is 0.147 e. The summed E-state index contributed by atoms with van der Waals surface area (Å²) in [5.74, 6) is 6.51. The quantitative estimate of drug-likeness (QED) is 0.647. The molecule has 1 aliphatic rings.